The molecule has 0 radical (unpaired) electrons. The first-order chi connectivity index (χ1) is 14.6. The molecule has 0 saturated carbocycles. The molecular weight excluding hydrogens is 380 g/mol. The summed E-state index contributed by atoms with van der Waals surface area (Å²) in [5.41, 5.74) is 2.93. The van der Waals surface area contributed by atoms with E-state index in [0.717, 1.165) is 12.0 Å². The van der Waals surface area contributed by atoms with Gasteiger partial charge < -0.3 is 19.7 Å². The highest BCUT2D eigenvalue weighted by Crippen LogP contribution is 2.35. The maximum absolute atomic E-state index is 12.6. The molecule has 0 unspecified atom stereocenters. The Kier molecular flexibility index (Phi) is 5.66. The SMILES string of the molecule is COc1ccc(C(=O)Nc2ccc3c(c2)N(CCc2ccccc2)C(=O)CO3)cc1. The Hall–Kier alpha value is -3.80. The quantitative estimate of drug-likeness (QED) is 0.679. The number of methoxy groups -OCH3 is 1. The van der Waals surface area contributed by atoms with Gasteiger partial charge in [-0.1, -0.05) is 30.3 Å². The van der Waals surface area contributed by atoms with Crippen molar-refractivity contribution >= 4 is 23.2 Å². The van der Waals surface area contributed by atoms with Gasteiger partial charge in [0.05, 0.1) is 12.8 Å². The highest BCUT2D eigenvalue weighted by Gasteiger charge is 2.25. The largest absolute Gasteiger partial charge is 0.497 e. The number of ether oxygens (including phenoxy) is 2. The van der Waals surface area contributed by atoms with E-state index < -0.39 is 0 Å². The van der Waals surface area contributed by atoms with Crippen molar-refractivity contribution in [3.63, 3.8) is 0 Å². The molecule has 0 atom stereocenters. The van der Waals surface area contributed by atoms with Gasteiger partial charge in [0, 0.05) is 17.8 Å². The molecule has 1 heterocycles. The molecule has 30 heavy (non-hydrogen) atoms. The number of hydrogen-bond donors (Lipinski definition) is 1. The molecule has 0 spiro atoms. The minimum absolute atomic E-state index is 0.0132. The van der Waals surface area contributed by atoms with Gasteiger partial charge >= 0.3 is 0 Å². The van der Waals surface area contributed by atoms with Gasteiger partial charge in [-0.3, -0.25) is 9.59 Å². The fraction of sp³-hybridized carbons (Fsp3) is 0.167. The molecule has 6 heteroatoms. The predicted octanol–water partition coefficient (Wildman–Crippen LogP) is 3.92. The summed E-state index contributed by atoms with van der Waals surface area (Å²) in [5.74, 6) is 0.976. The molecule has 0 aliphatic carbocycles. The number of anilines is 2. The summed E-state index contributed by atoms with van der Waals surface area (Å²) in [6, 6.07) is 22.2. The molecule has 3 aromatic rings. The average Bonchev–Trinajstić information content (AvgIpc) is 2.79. The molecule has 1 aliphatic rings. The highest BCUT2D eigenvalue weighted by molar-refractivity contribution is 6.05. The predicted molar refractivity (Wildman–Crippen MR) is 115 cm³/mol. The molecular formula is C24H22N2O4. The first kappa shape index (κ1) is 19.5. The fourth-order valence-electron chi connectivity index (χ4n) is 3.36. The zero-order valence-electron chi connectivity index (χ0n) is 16.6. The minimum Gasteiger partial charge on any atom is -0.497 e. The molecule has 152 valence electrons. The van der Waals surface area contributed by atoms with Crippen LogP contribution >= 0.6 is 0 Å². The van der Waals surface area contributed by atoms with Crippen LogP contribution in [0.1, 0.15) is 15.9 Å². The lowest BCUT2D eigenvalue weighted by atomic mass is 10.1. The molecule has 0 fully saturated rings. The Labute approximate surface area is 175 Å². The summed E-state index contributed by atoms with van der Waals surface area (Å²) in [6.45, 7) is 0.550. The van der Waals surface area contributed by atoms with E-state index in [-0.39, 0.29) is 18.4 Å². The lowest BCUT2D eigenvalue weighted by molar-refractivity contribution is -0.121. The Balaban J connectivity index is 1.52. The van der Waals surface area contributed by atoms with E-state index in [0.29, 0.717) is 35.0 Å². The zero-order chi connectivity index (χ0) is 20.9. The summed E-state index contributed by atoms with van der Waals surface area (Å²) in [4.78, 5) is 26.8. The molecule has 1 aliphatic heterocycles. The topological polar surface area (TPSA) is 67.9 Å². The van der Waals surface area contributed by atoms with Crippen LogP contribution in [0.15, 0.2) is 72.8 Å². The van der Waals surface area contributed by atoms with E-state index in [2.05, 4.69) is 5.32 Å². The monoisotopic (exact) mass is 402 g/mol. The Morgan fingerprint density at radius 2 is 1.83 bits per heavy atom. The lowest BCUT2D eigenvalue weighted by Gasteiger charge is -2.30. The number of benzene rings is 3. The summed E-state index contributed by atoms with van der Waals surface area (Å²) in [6.07, 6.45) is 0.731. The van der Waals surface area contributed by atoms with Gasteiger partial charge in [0.15, 0.2) is 6.61 Å². The van der Waals surface area contributed by atoms with E-state index in [1.165, 1.54) is 0 Å². The third-order valence-corrected chi connectivity index (χ3v) is 4.98. The third-order valence-electron chi connectivity index (χ3n) is 4.98. The van der Waals surface area contributed by atoms with E-state index in [9.17, 15) is 9.59 Å². The number of nitrogens with one attached hydrogen (secondary N) is 1. The van der Waals surface area contributed by atoms with Crippen molar-refractivity contribution in [3.8, 4) is 11.5 Å². The van der Waals surface area contributed by atoms with Gasteiger partial charge in [0.1, 0.15) is 11.5 Å². The number of nitrogens with zero attached hydrogens (tertiary/aromatic N) is 1. The second kappa shape index (κ2) is 8.69. The molecule has 4 rings (SSSR count). The van der Waals surface area contributed by atoms with Crippen molar-refractivity contribution in [2.24, 2.45) is 0 Å². The van der Waals surface area contributed by atoms with Crippen LogP contribution in [-0.4, -0.2) is 32.1 Å². The number of hydrogen-bond acceptors (Lipinski definition) is 4. The number of carbonyl (C=O) groups is 2. The summed E-state index contributed by atoms with van der Waals surface area (Å²) in [7, 11) is 1.58. The van der Waals surface area contributed by atoms with Crippen molar-refractivity contribution in [3.05, 3.63) is 83.9 Å². The van der Waals surface area contributed by atoms with Crippen LogP contribution in [0.3, 0.4) is 0 Å². The van der Waals surface area contributed by atoms with E-state index >= 15 is 0 Å². The van der Waals surface area contributed by atoms with Gasteiger partial charge in [0.2, 0.25) is 0 Å². The number of carbonyl (C=O) groups excluding carboxylic acids is 2. The molecule has 2 amide bonds. The molecule has 6 nitrogen and oxygen atoms in total. The van der Waals surface area contributed by atoms with Crippen LogP contribution in [0, 0.1) is 0 Å². The molecule has 0 saturated heterocycles. The van der Waals surface area contributed by atoms with Gasteiger partial charge in [-0.15, -0.1) is 0 Å². The Morgan fingerprint density at radius 1 is 1.07 bits per heavy atom. The minimum atomic E-state index is -0.239. The van der Waals surface area contributed by atoms with E-state index in [1.807, 2.05) is 30.3 Å². The van der Waals surface area contributed by atoms with Crippen LogP contribution in [0.5, 0.6) is 11.5 Å². The van der Waals surface area contributed by atoms with Crippen LogP contribution in [0.4, 0.5) is 11.4 Å². The maximum atomic E-state index is 12.6. The van der Waals surface area contributed by atoms with E-state index in [1.54, 1.807) is 54.5 Å². The van der Waals surface area contributed by atoms with Gasteiger partial charge in [-0.05, 0) is 54.4 Å². The Bertz CT molecular complexity index is 1050. The maximum Gasteiger partial charge on any atom is 0.265 e. The second-order valence-corrected chi connectivity index (χ2v) is 6.93. The standard InChI is InChI=1S/C24H22N2O4/c1-29-20-10-7-18(8-11-20)24(28)25-19-9-12-22-21(15-19)26(23(27)16-30-22)14-13-17-5-3-2-4-6-17/h2-12,15H,13-14,16H2,1H3,(H,25,28). The Morgan fingerprint density at radius 3 is 2.57 bits per heavy atom. The molecule has 3 aromatic carbocycles. The number of amides is 2. The van der Waals surface area contributed by atoms with Crippen molar-refractivity contribution in [1.82, 2.24) is 0 Å². The summed E-state index contributed by atoms with van der Waals surface area (Å²) < 4.78 is 10.7. The summed E-state index contributed by atoms with van der Waals surface area (Å²) >= 11 is 0. The second-order valence-electron chi connectivity index (χ2n) is 6.93. The fourth-order valence-corrected chi connectivity index (χ4v) is 3.36. The van der Waals surface area contributed by atoms with Crippen molar-refractivity contribution in [1.29, 1.82) is 0 Å². The lowest BCUT2D eigenvalue weighted by Crippen LogP contribution is -2.40. The van der Waals surface area contributed by atoms with Gasteiger partial charge in [0.25, 0.3) is 11.8 Å². The number of fused-ring (bicyclic) bond motifs is 1. The van der Waals surface area contributed by atoms with Crippen LogP contribution in [0.2, 0.25) is 0 Å². The van der Waals surface area contributed by atoms with Crippen molar-refractivity contribution in [2.45, 2.75) is 6.42 Å². The van der Waals surface area contributed by atoms with E-state index in [4.69, 9.17) is 9.47 Å². The van der Waals surface area contributed by atoms with Crippen molar-refractivity contribution < 1.29 is 19.1 Å². The van der Waals surface area contributed by atoms with Crippen LogP contribution < -0.4 is 19.7 Å². The normalized spacial score (nSPS) is 12.7. The highest BCUT2D eigenvalue weighted by atomic mass is 16.5. The molecule has 0 aromatic heterocycles. The average molecular weight is 402 g/mol. The molecule has 0 bridgehead atoms. The van der Waals surface area contributed by atoms with Crippen LogP contribution in [0.25, 0.3) is 0 Å². The third kappa shape index (κ3) is 4.27. The summed E-state index contributed by atoms with van der Waals surface area (Å²) in [5, 5.41) is 2.88. The molecule has 1 N–H and O–H groups in total. The van der Waals surface area contributed by atoms with Gasteiger partial charge in [-0.25, -0.2) is 0 Å². The smallest absolute Gasteiger partial charge is 0.265 e. The van der Waals surface area contributed by atoms with Crippen LogP contribution in [-0.2, 0) is 11.2 Å². The van der Waals surface area contributed by atoms with Crippen molar-refractivity contribution in [2.75, 3.05) is 30.5 Å². The first-order valence-electron chi connectivity index (χ1n) is 9.70. The first-order valence-corrected chi connectivity index (χ1v) is 9.70. The van der Waals surface area contributed by atoms with Gasteiger partial charge in [-0.2, -0.15) is 0 Å². The zero-order valence-corrected chi connectivity index (χ0v) is 16.6. The number of rotatable bonds is 6.